The van der Waals surface area contributed by atoms with Gasteiger partial charge in [-0.05, 0) is 30.0 Å². The number of carboxylic acid groups (broad SMARTS) is 1. The zero-order valence-corrected chi connectivity index (χ0v) is 12.2. The minimum absolute atomic E-state index is 0.296. The van der Waals surface area contributed by atoms with Gasteiger partial charge in [0, 0.05) is 30.2 Å². The second-order valence-corrected chi connectivity index (χ2v) is 5.55. The van der Waals surface area contributed by atoms with Crippen LogP contribution in [0.3, 0.4) is 0 Å². The fourth-order valence-electron chi connectivity index (χ4n) is 1.95. The molecule has 0 amide bonds. The Hall–Kier alpha value is -2.41. The van der Waals surface area contributed by atoms with Crippen molar-refractivity contribution < 1.29 is 14.8 Å². The molecule has 0 unspecified atom stereocenters. The number of thiophene rings is 1. The molecule has 1 N–H and O–H groups in total. The van der Waals surface area contributed by atoms with Crippen molar-refractivity contribution in [1.29, 1.82) is 0 Å². The van der Waals surface area contributed by atoms with Crippen LogP contribution in [0, 0.1) is 10.1 Å². The average Bonchev–Trinajstić information content (AvgIpc) is 2.97. The van der Waals surface area contributed by atoms with E-state index in [1.54, 1.807) is 17.4 Å². The van der Waals surface area contributed by atoms with Gasteiger partial charge in [-0.25, -0.2) is 4.79 Å². The highest BCUT2D eigenvalue weighted by molar-refractivity contribution is 7.09. The molecule has 0 fully saturated rings. The molecule has 1 aromatic heterocycles. The van der Waals surface area contributed by atoms with Crippen LogP contribution in [0.15, 0.2) is 35.7 Å². The Morgan fingerprint density at radius 1 is 1.43 bits per heavy atom. The number of nitro groups is 1. The van der Waals surface area contributed by atoms with Crippen molar-refractivity contribution in [2.45, 2.75) is 6.42 Å². The van der Waals surface area contributed by atoms with E-state index in [1.165, 1.54) is 17.0 Å². The van der Waals surface area contributed by atoms with Crippen molar-refractivity contribution in [2.75, 3.05) is 18.5 Å². The van der Waals surface area contributed by atoms with Crippen LogP contribution >= 0.6 is 11.3 Å². The molecule has 0 aliphatic heterocycles. The number of rotatable bonds is 6. The molecule has 1 aromatic carbocycles. The second kappa shape index (κ2) is 6.36. The number of carboxylic acids is 1. The highest BCUT2D eigenvalue weighted by Gasteiger charge is 2.20. The quantitative estimate of drug-likeness (QED) is 0.655. The van der Waals surface area contributed by atoms with Gasteiger partial charge in [-0.3, -0.25) is 10.1 Å². The molecule has 0 saturated heterocycles. The zero-order valence-electron chi connectivity index (χ0n) is 11.4. The summed E-state index contributed by atoms with van der Waals surface area (Å²) in [6, 6.07) is 8.18. The standard InChI is InChI=1S/C14H14N2O4S/c1-15(7-6-11-3-2-8-21-11)10-4-5-12(14(17)18)13(9-10)16(19)20/h2-5,8-9H,6-7H2,1H3,(H,17,18). The van der Waals surface area contributed by atoms with Gasteiger partial charge < -0.3 is 10.0 Å². The van der Waals surface area contributed by atoms with Gasteiger partial charge in [0.25, 0.3) is 5.69 Å². The van der Waals surface area contributed by atoms with Crippen LogP contribution in [-0.4, -0.2) is 29.6 Å². The van der Waals surface area contributed by atoms with E-state index in [-0.39, 0.29) is 11.3 Å². The Balaban J connectivity index is 2.17. The Kier molecular flexibility index (Phi) is 4.54. The normalized spacial score (nSPS) is 10.3. The van der Waals surface area contributed by atoms with Crippen molar-refractivity contribution in [2.24, 2.45) is 0 Å². The molecule has 0 spiro atoms. The largest absolute Gasteiger partial charge is 0.477 e. The number of aromatic carboxylic acids is 1. The minimum atomic E-state index is -1.30. The van der Waals surface area contributed by atoms with Crippen molar-refractivity contribution in [1.82, 2.24) is 0 Å². The maximum Gasteiger partial charge on any atom is 0.342 e. The smallest absolute Gasteiger partial charge is 0.342 e. The first-order valence-electron chi connectivity index (χ1n) is 6.24. The van der Waals surface area contributed by atoms with Gasteiger partial charge in [0.05, 0.1) is 4.92 Å². The first-order valence-corrected chi connectivity index (χ1v) is 7.12. The van der Waals surface area contributed by atoms with E-state index in [0.29, 0.717) is 12.2 Å². The topological polar surface area (TPSA) is 83.7 Å². The van der Waals surface area contributed by atoms with Crippen LogP contribution in [0.5, 0.6) is 0 Å². The summed E-state index contributed by atoms with van der Waals surface area (Å²) in [6.45, 7) is 0.698. The fourth-order valence-corrected chi connectivity index (χ4v) is 2.65. The molecule has 7 heteroatoms. The van der Waals surface area contributed by atoms with Crippen LogP contribution in [0.1, 0.15) is 15.2 Å². The monoisotopic (exact) mass is 306 g/mol. The Labute approximate surface area is 125 Å². The molecule has 110 valence electrons. The number of nitro benzene ring substituents is 1. The molecule has 6 nitrogen and oxygen atoms in total. The molecule has 1 heterocycles. The summed E-state index contributed by atoms with van der Waals surface area (Å²) in [7, 11) is 1.83. The van der Waals surface area contributed by atoms with Gasteiger partial charge in [-0.2, -0.15) is 0 Å². The predicted molar refractivity (Wildman–Crippen MR) is 81.3 cm³/mol. The molecular weight excluding hydrogens is 292 g/mol. The predicted octanol–water partition coefficient (Wildman–Crippen LogP) is 3.03. The maximum absolute atomic E-state index is 11.0. The second-order valence-electron chi connectivity index (χ2n) is 4.51. The highest BCUT2D eigenvalue weighted by Crippen LogP contribution is 2.25. The minimum Gasteiger partial charge on any atom is -0.477 e. The molecule has 0 aliphatic carbocycles. The zero-order chi connectivity index (χ0) is 15.4. The molecule has 0 radical (unpaired) electrons. The summed E-state index contributed by atoms with van der Waals surface area (Å²) in [5.74, 6) is -1.30. The maximum atomic E-state index is 11.0. The fraction of sp³-hybridized carbons (Fsp3) is 0.214. The highest BCUT2D eigenvalue weighted by atomic mass is 32.1. The summed E-state index contributed by atoms with van der Waals surface area (Å²) in [6.07, 6.45) is 0.836. The van der Waals surface area contributed by atoms with Crippen molar-refractivity contribution in [3.8, 4) is 0 Å². The molecule has 0 saturated carbocycles. The molecule has 0 aliphatic rings. The molecule has 0 atom stereocenters. The number of hydrogen-bond donors (Lipinski definition) is 1. The van der Waals surface area contributed by atoms with Crippen LogP contribution in [0.4, 0.5) is 11.4 Å². The summed E-state index contributed by atoms with van der Waals surface area (Å²) >= 11 is 1.66. The first-order chi connectivity index (χ1) is 9.99. The molecule has 21 heavy (non-hydrogen) atoms. The van der Waals surface area contributed by atoms with Gasteiger partial charge in [0.1, 0.15) is 5.56 Å². The summed E-state index contributed by atoms with van der Waals surface area (Å²) in [5.41, 5.74) is -0.0540. The van der Waals surface area contributed by atoms with Gasteiger partial charge >= 0.3 is 5.97 Å². The third kappa shape index (κ3) is 3.57. The van der Waals surface area contributed by atoms with E-state index in [4.69, 9.17) is 5.11 Å². The van der Waals surface area contributed by atoms with Gasteiger partial charge in [-0.15, -0.1) is 11.3 Å². The van der Waals surface area contributed by atoms with Crippen LogP contribution in [0.2, 0.25) is 0 Å². The number of hydrogen-bond acceptors (Lipinski definition) is 5. The molecule has 2 rings (SSSR count). The number of nitrogens with zero attached hydrogens (tertiary/aromatic N) is 2. The van der Waals surface area contributed by atoms with Crippen LogP contribution < -0.4 is 4.90 Å². The van der Waals surface area contributed by atoms with E-state index in [2.05, 4.69) is 0 Å². The lowest BCUT2D eigenvalue weighted by Gasteiger charge is -2.19. The van der Waals surface area contributed by atoms with E-state index in [9.17, 15) is 14.9 Å². The lowest BCUT2D eigenvalue weighted by molar-refractivity contribution is -0.385. The Morgan fingerprint density at radius 3 is 2.76 bits per heavy atom. The Morgan fingerprint density at radius 2 is 2.19 bits per heavy atom. The van der Waals surface area contributed by atoms with E-state index < -0.39 is 10.9 Å². The third-order valence-electron chi connectivity index (χ3n) is 3.12. The molecule has 2 aromatic rings. The molecular formula is C14H14N2O4S. The summed E-state index contributed by atoms with van der Waals surface area (Å²) < 4.78 is 0. The first kappa shape index (κ1) is 15.0. The van der Waals surface area contributed by atoms with Gasteiger partial charge in [0.2, 0.25) is 0 Å². The summed E-state index contributed by atoms with van der Waals surface area (Å²) in [4.78, 5) is 24.4. The number of anilines is 1. The van der Waals surface area contributed by atoms with Gasteiger partial charge in [-0.1, -0.05) is 6.07 Å². The SMILES string of the molecule is CN(CCc1cccs1)c1ccc(C(=O)O)c([N+](=O)[O-])c1. The van der Waals surface area contributed by atoms with Crippen molar-refractivity contribution in [3.63, 3.8) is 0 Å². The van der Waals surface area contributed by atoms with Crippen molar-refractivity contribution in [3.05, 3.63) is 56.3 Å². The van der Waals surface area contributed by atoms with E-state index >= 15 is 0 Å². The summed E-state index contributed by atoms with van der Waals surface area (Å²) in [5, 5.41) is 21.9. The number of likely N-dealkylation sites (N-methyl/N-ethyl adjacent to an activating group) is 1. The van der Waals surface area contributed by atoms with Gasteiger partial charge in [0.15, 0.2) is 0 Å². The Bertz CT molecular complexity index is 655. The number of benzene rings is 1. The van der Waals surface area contributed by atoms with E-state index in [1.807, 2.05) is 29.5 Å². The average molecular weight is 306 g/mol. The van der Waals surface area contributed by atoms with Crippen LogP contribution in [-0.2, 0) is 6.42 Å². The van der Waals surface area contributed by atoms with E-state index in [0.717, 1.165) is 6.42 Å². The van der Waals surface area contributed by atoms with Crippen LogP contribution in [0.25, 0.3) is 0 Å². The lowest BCUT2D eigenvalue weighted by atomic mass is 10.1. The third-order valence-corrected chi connectivity index (χ3v) is 4.06. The number of carbonyl (C=O) groups is 1. The lowest BCUT2D eigenvalue weighted by Crippen LogP contribution is -2.20. The van der Waals surface area contributed by atoms with Crippen molar-refractivity contribution >= 4 is 28.7 Å². The molecule has 0 bridgehead atoms.